The topological polar surface area (TPSA) is 62.2 Å². The van der Waals surface area contributed by atoms with E-state index in [9.17, 15) is 9.18 Å². The molecule has 0 saturated carbocycles. The molecule has 4 nitrogen and oxygen atoms in total. The van der Waals surface area contributed by atoms with Gasteiger partial charge in [-0.1, -0.05) is 12.1 Å². The van der Waals surface area contributed by atoms with Crippen molar-refractivity contribution in [3.05, 3.63) is 59.2 Å². The van der Waals surface area contributed by atoms with Gasteiger partial charge in [-0.2, -0.15) is 0 Å². The molecular formula is C14H13FN2O2. The van der Waals surface area contributed by atoms with Crippen LogP contribution in [0.4, 0.5) is 10.1 Å². The molecule has 2 rings (SSSR count). The number of carboxylic acid groups (broad SMARTS) is 1. The number of halogens is 1. The molecule has 0 aliphatic carbocycles. The summed E-state index contributed by atoms with van der Waals surface area (Å²) in [6.45, 7) is 2.21. The summed E-state index contributed by atoms with van der Waals surface area (Å²) in [5, 5.41) is 12.1. The van der Waals surface area contributed by atoms with Crippen molar-refractivity contribution in [2.45, 2.75) is 13.5 Å². The second-order valence-corrected chi connectivity index (χ2v) is 4.16. The summed E-state index contributed by atoms with van der Waals surface area (Å²) in [5.74, 6) is -1.33. The first kappa shape index (κ1) is 13.0. The van der Waals surface area contributed by atoms with Crippen LogP contribution in [0.3, 0.4) is 0 Å². The molecule has 98 valence electrons. The first-order valence-corrected chi connectivity index (χ1v) is 5.74. The molecule has 0 atom stereocenters. The molecular weight excluding hydrogens is 247 g/mol. The van der Waals surface area contributed by atoms with Gasteiger partial charge in [0.05, 0.1) is 5.69 Å². The summed E-state index contributed by atoms with van der Waals surface area (Å²) >= 11 is 0. The summed E-state index contributed by atoms with van der Waals surface area (Å²) in [5.41, 5.74) is 2.22. The van der Waals surface area contributed by atoms with Crippen LogP contribution in [-0.2, 0) is 6.54 Å². The normalized spacial score (nSPS) is 10.2. The fourth-order valence-corrected chi connectivity index (χ4v) is 1.68. The van der Waals surface area contributed by atoms with Crippen molar-refractivity contribution in [3.8, 4) is 0 Å². The number of rotatable bonds is 4. The lowest BCUT2D eigenvalue weighted by atomic mass is 10.2. The highest BCUT2D eigenvalue weighted by atomic mass is 19.1. The molecule has 0 radical (unpaired) electrons. The third kappa shape index (κ3) is 3.28. The van der Waals surface area contributed by atoms with Crippen molar-refractivity contribution in [3.63, 3.8) is 0 Å². The minimum absolute atomic E-state index is 0.118. The number of carboxylic acids is 1. The molecule has 19 heavy (non-hydrogen) atoms. The maximum absolute atomic E-state index is 12.8. The van der Waals surface area contributed by atoms with E-state index in [1.807, 2.05) is 0 Å². The van der Waals surface area contributed by atoms with Gasteiger partial charge in [-0.3, -0.25) is 4.98 Å². The summed E-state index contributed by atoms with van der Waals surface area (Å²) in [4.78, 5) is 15.0. The number of aromatic nitrogens is 1. The Morgan fingerprint density at radius 3 is 2.68 bits per heavy atom. The largest absolute Gasteiger partial charge is 0.478 e. The highest BCUT2D eigenvalue weighted by Gasteiger charge is 2.10. The average molecular weight is 260 g/mol. The molecule has 0 spiro atoms. The Hall–Kier alpha value is -2.43. The number of hydrogen-bond acceptors (Lipinski definition) is 3. The number of aryl methyl sites for hydroxylation is 1. The molecule has 0 saturated heterocycles. The predicted molar refractivity (Wildman–Crippen MR) is 69.7 cm³/mol. The van der Waals surface area contributed by atoms with Gasteiger partial charge in [-0.05, 0) is 30.7 Å². The maximum atomic E-state index is 12.8. The van der Waals surface area contributed by atoms with Gasteiger partial charge in [-0.15, -0.1) is 0 Å². The van der Waals surface area contributed by atoms with Crippen molar-refractivity contribution in [1.82, 2.24) is 4.98 Å². The first-order valence-electron chi connectivity index (χ1n) is 5.74. The summed E-state index contributed by atoms with van der Waals surface area (Å²) in [7, 11) is 0. The van der Waals surface area contributed by atoms with E-state index in [0.717, 1.165) is 11.3 Å². The van der Waals surface area contributed by atoms with E-state index in [1.165, 1.54) is 18.3 Å². The molecule has 1 aromatic heterocycles. The van der Waals surface area contributed by atoms with E-state index in [-0.39, 0.29) is 11.4 Å². The lowest BCUT2D eigenvalue weighted by molar-refractivity contribution is 0.0697. The van der Waals surface area contributed by atoms with Crippen LogP contribution in [0.5, 0.6) is 0 Å². The third-order valence-electron chi connectivity index (χ3n) is 2.67. The van der Waals surface area contributed by atoms with E-state index < -0.39 is 5.97 Å². The number of benzene rings is 1. The Kier molecular flexibility index (Phi) is 3.75. The average Bonchev–Trinajstić information content (AvgIpc) is 2.38. The quantitative estimate of drug-likeness (QED) is 0.887. The summed E-state index contributed by atoms with van der Waals surface area (Å²) < 4.78 is 12.8. The van der Waals surface area contributed by atoms with Crippen LogP contribution in [-0.4, -0.2) is 16.1 Å². The lowest BCUT2D eigenvalue weighted by Gasteiger charge is -2.10. The van der Waals surface area contributed by atoms with Crippen molar-refractivity contribution < 1.29 is 14.3 Å². The van der Waals surface area contributed by atoms with E-state index in [0.29, 0.717) is 12.2 Å². The van der Waals surface area contributed by atoms with Crippen molar-refractivity contribution in [1.29, 1.82) is 0 Å². The number of anilines is 1. The number of nitrogens with zero attached hydrogens (tertiary/aromatic N) is 1. The van der Waals surface area contributed by atoms with Gasteiger partial charge >= 0.3 is 5.97 Å². The fraction of sp³-hybridized carbons (Fsp3) is 0.143. The Balaban J connectivity index is 2.16. The summed E-state index contributed by atoms with van der Waals surface area (Å²) in [6.07, 6.45) is 1.32. The van der Waals surface area contributed by atoms with Crippen LogP contribution >= 0.6 is 0 Å². The van der Waals surface area contributed by atoms with Gasteiger partial charge in [0.25, 0.3) is 0 Å². The molecule has 0 unspecified atom stereocenters. The molecule has 2 N–H and O–H groups in total. The zero-order chi connectivity index (χ0) is 13.8. The Morgan fingerprint density at radius 2 is 2.05 bits per heavy atom. The van der Waals surface area contributed by atoms with Crippen LogP contribution in [0.2, 0.25) is 0 Å². The van der Waals surface area contributed by atoms with Gasteiger partial charge in [0.15, 0.2) is 0 Å². The molecule has 0 bridgehead atoms. The monoisotopic (exact) mass is 260 g/mol. The van der Waals surface area contributed by atoms with Gasteiger partial charge < -0.3 is 10.4 Å². The lowest BCUT2D eigenvalue weighted by Crippen LogP contribution is -2.07. The predicted octanol–water partition coefficient (Wildman–Crippen LogP) is 2.84. The first-order chi connectivity index (χ1) is 9.06. The van der Waals surface area contributed by atoms with Gasteiger partial charge in [0, 0.05) is 18.4 Å². The van der Waals surface area contributed by atoms with Crippen LogP contribution in [0.25, 0.3) is 0 Å². The van der Waals surface area contributed by atoms with Gasteiger partial charge in [0.2, 0.25) is 0 Å². The van der Waals surface area contributed by atoms with Gasteiger partial charge in [-0.25, -0.2) is 9.18 Å². The molecule has 0 aliphatic rings. The summed E-state index contributed by atoms with van der Waals surface area (Å²) in [6, 6.07) is 7.71. The van der Waals surface area contributed by atoms with Gasteiger partial charge in [0.1, 0.15) is 11.4 Å². The molecule has 0 fully saturated rings. The van der Waals surface area contributed by atoms with E-state index in [1.54, 1.807) is 25.1 Å². The molecule has 1 heterocycles. The zero-order valence-corrected chi connectivity index (χ0v) is 10.4. The molecule has 1 aromatic carbocycles. The zero-order valence-electron chi connectivity index (χ0n) is 10.4. The number of hydrogen-bond donors (Lipinski definition) is 2. The fourth-order valence-electron chi connectivity index (χ4n) is 1.68. The minimum Gasteiger partial charge on any atom is -0.478 e. The van der Waals surface area contributed by atoms with Crippen LogP contribution in [0.1, 0.15) is 21.6 Å². The van der Waals surface area contributed by atoms with Crippen LogP contribution in [0.15, 0.2) is 36.5 Å². The van der Waals surface area contributed by atoms with Crippen LogP contribution < -0.4 is 5.32 Å². The third-order valence-corrected chi connectivity index (χ3v) is 2.67. The molecule has 2 aromatic rings. The maximum Gasteiger partial charge on any atom is 0.339 e. The van der Waals surface area contributed by atoms with Crippen molar-refractivity contribution in [2.75, 3.05) is 5.32 Å². The number of aromatic carboxylic acids is 1. The Bertz CT molecular complexity index is 597. The molecule has 0 aliphatic heterocycles. The van der Waals surface area contributed by atoms with Crippen molar-refractivity contribution in [2.24, 2.45) is 0 Å². The SMILES string of the molecule is Cc1cc(NCc2ccc(F)cc2)c(C(=O)O)cn1. The highest BCUT2D eigenvalue weighted by Crippen LogP contribution is 2.17. The Morgan fingerprint density at radius 1 is 1.37 bits per heavy atom. The second kappa shape index (κ2) is 5.48. The Labute approximate surface area is 109 Å². The second-order valence-electron chi connectivity index (χ2n) is 4.16. The number of carbonyl (C=O) groups is 1. The standard InChI is InChI=1S/C14H13FN2O2/c1-9-6-13(12(8-16-9)14(18)19)17-7-10-2-4-11(15)5-3-10/h2-6,8H,7H2,1H3,(H,16,17)(H,18,19). The van der Waals surface area contributed by atoms with Crippen molar-refractivity contribution >= 4 is 11.7 Å². The molecule has 0 amide bonds. The van der Waals surface area contributed by atoms with E-state index in [4.69, 9.17) is 5.11 Å². The number of nitrogens with one attached hydrogen (secondary N) is 1. The van der Waals surface area contributed by atoms with E-state index in [2.05, 4.69) is 10.3 Å². The number of pyridine rings is 1. The highest BCUT2D eigenvalue weighted by molar-refractivity contribution is 5.93. The minimum atomic E-state index is -1.03. The van der Waals surface area contributed by atoms with Crippen LogP contribution in [0, 0.1) is 12.7 Å². The molecule has 5 heteroatoms. The van der Waals surface area contributed by atoms with E-state index >= 15 is 0 Å². The smallest absolute Gasteiger partial charge is 0.339 e.